The average molecular weight is 339 g/mol. The fourth-order valence-corrected chi connectivity index (χ4v) is 2.79. The third kappa shape index (κ3) is 4.16. The molecule has 3 rings (SSSR count). The minimum absolute atomic E-state index is 0.263. The van der Waals surface area contributed by atoms with E-state index in [0.29, 0.717) is 16.8 Å². The van der Waals surface area contributed by atoms with Crippen LogP contribution in [-0.4, -0.2) is 45.2 Å². The molecule has 0 aliphatic carbocycles. The maximum atomic E-state index is 12.4. The lowest BCUT2D eigenvalue weighted by molar-refractivity contribution is 0.0600. The Morgan fingerprint density at radius 3 is 2.40 bits per heavy atom. The number of benzene rings is 2. The number of methoxy groups -OCH3 is 1. The second kappa shape index (κ2) is 7.81. The maximum absolute atomic E-state index is 12.4. The fourth-order valence-electron chi connectivity index (χ4n) is 2.79. The first kappa shape index (κ1) is 17.0. The molecule has 1 aliphatic heterocycles. The third-order valence-corrected chi connectivity index (χ3v) is 4.15. The number of amides is 1. The first-order valence-corrected chi connectivity index (χ1v) is 8.23. The summed E-state index contributed by atoms with van der Waals surface area (Å²) in [5, 5.41) is 6.18. The van der Waals surface area contributed by atoms with Gasteiger partial charge in [-0.1, -0.05) is 6.07 Å². The van der Waals surface area contributed by atoms with E-state index in [2.05, 4.69) is 20.3 Å². The van der Waals surface area contributed by atoms with Gasteiger partial charge in [-0.2, -0.15) is 0 Å². The molecule has 2 aromatic carbocycles. The molecule has 6 heteroatoms. The zero-order valence-electron chi connectivity index (χ0n) is 14.1. The molecule has 1 aliphatic rings. The first-order chi connectivity index (χ1) is 12.2. The molecule has 0 saturated carbocycles. The quantitative estimate of drug-likeness (QED) is 0.835. The number of nitrogens with one attached hydrogen (secondary N) is 2. The van der Waals surface area contributed by atoms with Crippen LogP contribution in [-0.2, 0) is 4.74 Å². The zero-order chi connectivity index (χ0) is 17.6. The Balaban J connectivity index is 1.67. The summed E-state index contributed by atoms with van der Waals surface area (Å²) in [6, 6.07) is 14.3. The van der Waals surface area contributed by atoms with Crippen LogP contribution in [0.4, 0.5) is 11.4 Å². The number of esters is 1. The van der Waals surface area contributed by atoms with Gasteiger partial charge in [-0.3, -0.25) is 4.79 Å². The van der Waals surface area contributed by atoms with Crippen molar-refractivity contribution in [1.82, 2.24) is 5.32 Å². The van der Waals surface area contributed by atoms with E-state index in [1.54, 1.807) is 18.2 Å². The molecule has 130 valence electrons. The van der Waals surface area contributed by atoms with Crippen molar-refractivity contribution in [3.05, 3.63) is 59.7 Å². The Labute approximate surface area is 146 Å². The van der Waals surface area contributed by atoms with Crippen LogP contribution in [0.25, 0.3) is 0 Å². The predicted octanol–water partition coefficient (Wildman–Crippen LogP) is 2.14. The van der Waals surface area contributed by atoms with Crippen molar-refractivity contribution in [1.29, 1.82) is 0 Å². The summed E-state index contributed by atoms with van der Waals surface area (Å²) in [5.74, 6) is -0.726. The van der Waals surface area contributed by atoms with Gasteiger partial charge in [-0.25, -0.2) is 4.79 Å². The summed E-state index contributed by atoms with van der Waals surface area (Å²) in [4.78, 5) is 26.3. The summed E-state index contributed by atoms with van der Waals surface area (Å²) in [5.41, 5.74) is 2.62. The Kier molecular flexibility index (Phi) is 5.30. The highest BCUT2D eigenvalue weighted by molar-refractivity contribution is 6.05. The van der Waals surface area contributed by atoms with Crippen molar-refractivity contribution in [2.24, 2.45) is 0 Å². The Bertz CT molecular complexity index is 753. The van der Waals surface area contributed by atoms with Crippen LogP contribution in [0.3, 0.4) is 0 Å². The van der Waals surface area contributed by atoms with Crippen molar-refractivity contribution >= 4 is 23.3 Å². The van der Waals surface area contributed by atoms with Crippen molar-refractivity contribution < 1.29 is 14.3 Å². The van der Waals surface area contributed by atoms with Gasteiger partial charge in [0.2, 0.25) is 0 Å². The van der Waals surface area contributed by atoms with Crippen LogP contribution < -0.4 is 15.5 Å². The van der Waals surface area contributed by atoms with Gasteiger partial charge < -0.3 is 20.3 Å². The van der Waals surface area contributed by atoms with Gasteiger partial charge in [0, 0.05) is 43.1 Å². The monoisotopic (exact) mass is 339 g/mol. The summed E-state index contributed by atoms with van der Waals surface area (Å²) in [6.07, 6.45) is 0. The molecule has 1 saturated heterocycles. The van der Waals surface area contributed by atoms with E-state index in [1.165, 1.54) is 13.2 Å². The van der Waals surface area contributed by atoms with E-state index in [4.69, 9.17) is 0 Å². The highest BCUT2D eigenvalue weighted by atomic mass is 16.5. The second-order valence-electron chi connectivity index (χ2n) is 5.81. The minimum Gasteiger partial charge on any atom is -0.465 e. The van der Waals surface area contributed by atoms with E-state index >= 15 is 0 Å². The van der Waals surface area contributed by atoms with Crippen LogP contribution in [0.5, 0.6) is 0 Å². The predicted molar refractivity (Wildman–Crippen MR) is 97.3 cm³/mol. The zero-order valence-corrected chi connectivity index (χ0v) is 14.1. The van der Waals surface area contributed by atoms with Gasteiger partial charge in [-0.15, -0.1) is 0 Å². The normalized spacial score (nSPS) is 14.0. The molecule has 1 fully saturated rings. The fraction of sp³-hybridized carbons (Fsp3) is 0.263. The van der Waals surface area contributed by atoms with Crippen LogP contribution in [0.15, 0.2) is 48.5 Å². The number of nitrogens with zero attached hydrogens (tertiary/aromatic N) is 1. The summed E-state index contributed by atoms with van der Waals surface area (Å²) >= 11 is 0. The standard InChI is InChI=1S/C19H21N3O3/c1-25-19(24)15-4-2-3-14(13-15)18(23)21-16-5-7-17(8-6-16)22-11-9-20-10-12-22/h2-8,13,20H,9-12H2,1H3,(H,21,23). The van der Waals surface area contributed by atoms with Crippen LogP contribution in [0.2, 0.25) is 0 Å². The van der Waals surface area contributed by atoms with Crippen molar-refractivity contribution in [2.45, 2.75) is 0 Å². The molecule has 25 heavy (non-hydrogen) atoms. The lowest BCUT2D eigenvalue weighted by Gasteiger charge is -2.29. The van der Waals surface area contributed by atoms with E-state index < -0.39 is 5.97 Å². The summed E-state index contributed by atoms with van der Waals surface area (Å²) < 4.78 is 4.68. The number of hydrogen-bond acceptors (Lipinski definition) is 5. The molecule has 0 unspecified atom stereocenters. The molecule has 0 atom stereocenters. The first-order valence-electron chi connectivity index (χ1n) is 8.23. The molecule has 1 amide bonds. The van der Waals surface area contributed by atoms with Gasteiger partial charge >= 0.3 is 5.97 Å². The van der Waals surface area contributed by atoms with Gasteiger partial charge in [0.15, 0.2) is 0 Å². The topological polar surface area (TPSA) is 70.7 Å². The maximum Gasteiger partial charge on any atom is 0.337 e. The number of rotatable bonds is 4. The average Bonchev–Trinajstić information content (AvgIpc) is 2.68. The molecule has 0 bridgehead atoms. The van der Waals surface area contributed by atoms with Crippen LogP contribution in [0.1, 0.15) is 20.7 Å². The molecule has 6 nitrogen and oxygen atoms in total. The lowest BCUT2D eigenvalue weighted by Crippen LogP contribution is -2.43. The second-order valence-corrected chi connectivity index (χ2v) is 5.81. The van der Waals surface area contributed by atoms with E-state index in [9.17, 15) is 9.59 Å². The number of anilines is 2. The van der Waals surface area contributed by atoms with Crippen molar-refractivity contribution in [2.75, 3.05) is 43.5 Å². The molecule has 0 aromatic heterocycles. The van der Waals surface area contributed by atoms with Gasteiger partial charge in [0.05, 0.1) is 12.7 Å². The van der Waals surface area contributed by atoms with Gasteiger partial charge in [0.1, 0.15) is 0 Å². The number of carbonyl (C=O) groups excluding carboxylic acids is 2. The number of ether oxygens (including phenoxy) is 1. The van der Waals surface area contributed by atoms with E-state index in [-0.39, 0.29) is 5.91 Å². The molecule has 2 N–H and O–H groups in total. The number of hydrogen-bond donors (Lipinski definition) is 2. The SMILES string of the molecule is COC(=O)c1cccc(C(=O)Nc2ccc(N3CCNCC3)cc2)c1. The Morgan fingerprint density at radius 2 is 1.72 bits per heavy atom. The highest BCUT2D eigenvalue weighted by Gasteiger charge is 2.12. The van der Waals surface area contributed by atoms with Crippen LogP contribution in [0, 0.1) is 0 Å². The van der Waals surface area contributed by atoms with Crippen molar-refractivity contribution in [3.8, 4) is 0 Å². The smallest absolute Gasteiger partial charge is 0.337 e. The third-order valence-electron chi connectivity index (χ3n) is 4.15. The van der Waals surface area contributed by atoms with E-state index in [1.807, 2.05) is 24.3 Å². The Hall–Kier alpha value is -2.86. The largest absolute Gasteiger partial charge is 0.465 e. The molecule has 0 radical (unpaired) electrons. The van der Waals surface area contributed by atoms with Gasteiger partial charge in [0.25, 0.3) is 5.91 Å². The highest BCUT2D eigenvalue weighted by Crippen LogP contribution is 2.19. The Morgan fingerprint density at radius 1 is 1.04 bits per heavy atom. The molecule has 2 aromatic rings. The molecular weight excluding hydrogens is 318 g/mol. The minimum atomic E-state index is -0.463. The molecule has 1 heterocycles. The molecule has 0 spiro atoms. The number of piperazine rings is 1. The van der Waals surface area contributed by atoms with Crippen LogP contribution >= 0.6 is 0 Å². The lowest BCUT2D eigenvalue weighted by atomic mass is 10.1. The number of carbonyl (C=O) groups is 2. The van der Waals surface area contributed by atoms with E-state index in [0.717, 1.165) is 31.9 Å². The molecular formula is C19H21N3O3. The summed E-state index contributed by atoms with van der Waals surface area (Å²) in [7, 11) is 1.31. The van der Waals surface area contributed by atoms with Gasteiger partial charge in [-0.05, 0) is 42.5 Å². The summed E-state index contributed by atoms with van der Waals surface area (Å²) in [6.45, 7) is 3.92. The van der Waals surface area contributed by atoms with Crippen molar-refractivity contribution in [3.63, 3.8) is 0 Å².